The SMILES string of the molecule is Nc1nc(=O)n(C2OC(COCc3ccccc3)C[C@@H]2O)cc1F. The van der Waals surface area contributed by atoms with E-state index in [2.05, 4.69) is 4.98 Å². The van der Waals surface area contributed by atoms with Crippen molar-refractivity contribution in [1.82, 2.24) is 9.55 Å². The maximum absolute atomic E-state index is 13.5. The van der Waals surface area contributed by atoms with E-state index in [0.717, 1.165) is 16.3 Å². The first-order valence-electron chi connectivity index (χ1n) is 7.54. The highest BCUT2D eigenvalue weighted by Gasteiger charge is 2.36. The van der Waals surface area contributed by atoms with Gasteiger partial charge in [-0.15, -0.1) is 0 Å². The lowest BCUT2D eigenvalue weighted by atomic mass is 10.2. The number of hydrogen-bond donors (Lipinski definition) is 2. The highest BCUT2D eigenvalue weighted by molar-refractivity contribution is 5.26. The monoisotopic (exact) mass is 335 g/mol. The summed E-state index contributed by atoms with van der Waals surface area (Å²) in [6.07, 6.45) is -1.20. The van der Waals surface area contributed by atoms with Crippen LogP contribution in [0.15, 0.2) is 41.3 Å². The Morgan fingerprint density at radius 3 is 2.92 bits per heavy atom. The standard InChI is InChI=1S/C16H18FN3O4/c17-12-7-20(16(22)19-14(12)18)15-13(21)6-11(24-15)9-23-8-10-4-2-1-3-5-10/h1-5,7,11,13,15,21H,6,8-9H2,(H2,18,19,22)/t11?,13-,15?/m0/s1. The summed E-state index contributed by atoms with van der Waals surface area (Å²) in [6.45, 7) is 0.668. The molecule has 1 aliphatic heterocycles. The van der Waals surface area contributed by atoms with Gasteiger partial charge in [-0.25, -0.2) is 9.18 Å². The quantitative estimate of drug-likeness (QED) is 0.839. The van der Waals surface area contributed by atoms with Gasteiger partial charge >= 0.3 is 5.69 Å². The molecule has 24 heavy (non-hydrogen) atoms. The first-order valence-corrected chi connectivity index (χ1v) is 7.54. The van der Waals surface area contributed by atoms with Crippen LogP contribution in [-0.4, -0.2) is 33.5 Å². The van der Waals surface area contributed by atoms with Crippen molar-refractivity contribution in [2.45, 2.75) is 31.5 Å². The Morgan fingerprint density at radius 2 is 2.17 bits per heavy atom. The van der Waals surface area contributed by atoms with E-state index in [4.69, 9.17) is 15.2 Å². The summed E-state index contributed by atoms with van der Waals surface area (Å²) in [4.78, 5) is 15.2. The van der Waals surface area contributed by atoms with Crippen LogP contribution in [0.1, 0.15) is 18.2 Å². The minimum Gasteiger partial charge on any atom is -0.388 e. The van der Waals surface area contributed by atoms with Gasteiger partial charge in [-0.2, -0.15) is 4.98 Å². The molecular weight excluding hydrogens is 317 g/mol. The number of hydrogen-bond acceptors (Lipinski definition) is 6. The van der Waals surface area contributed by atoms with Crippen LogP contribution >= 0.6 is 0 Å². The number of aromatic nitrogens is 2. The van der Waals surface area contributed by atoms with Gasteiger partial charge in [0.15, 0.2) is 17.9 Å². The first kappa shape index (κ1) is 16.6. The van der Waals surface area contributed by atoms with Gasteiger partial charge in [-0.1, -0.05) is 30.3 Å². The molecule has 1 aromatic carbocycles. The minimum atomic E-state index is -1.01. The normalized spacial score (nSPS) is 23.5. The summed E-state index contributed by atoms with van der Waals surface area (Å²) in [5.41, 5.74) is 5.50. The summed E-state index contributed by atoms with van der Waals surface area (Å²) in [7, 11) is 0. The van der Waals surface area contributed by atoms with Crippen molar-refractivity contribution < 1.29 is 19.0 Å². The zero-order valence-corrected chi connectivity index (χ0v) is 12.8. The van der Waals surface area contributed by atoms with Gasteiger partial charge in [0.2, 0.25) is 0 Å². The third kappa shape index (κ3) is 3.61. The molecular formula is C16H18FN3O4. The second-order valence-corrected chi connectivity index (χ2v) is 5.62. The first-order chi connectivity index (χ1) is 11.5. The molecule has 8 heteroatoms. The van der Waals surface area contributed by atoms with E-state index in [1.165, 1.54) is 0 Å². The molecule has 3 rings (SSSR count). The van der Waals surface area contributed by atoms with E-state index in [-0.39, 0.29) is 13.0 Å². The van der Waals surface area contributed by atoms with Gasteiger partial charge in [0, 0.05) is 6.42 Å². The van der Waals surface area contributed by atoms with Gasteiger partial charge in [-0.3, -0.25) is 4.57 Å². The van der Waals surface area contributed by atoms with Gasteiger partial charge in [-0.05, 0) is 5.56 Å². The van der Waals surface area contributed by atoms with E-state index >= 15 is 0 Å². The zero-order chi connectivity index (χ0) is 17.1. The fourth-order valence-corrected chi connectivity index (χ4v) is 2.61. The molecule has 2 unspecified atom stereocenters. The summed E-state index contributed by atoms with van der Waals surface area (Å²) < 4.78 is 25.6. The molecule has 0 aliphatic carbocycles. The number of rotatable bonds is 5. The minimum absolute atomic E-state index is 0.252. The topological polar surface area (TPSA) is 99.6 Å². The van der Waals surface area contributed by atoms with Crippen LogP contribution in [0.4, 0.5) is 10.2 Å². The molecule has 7 nitrogen and oxygen atoms in total. The lowest BCUT2D eigenvalue weighted by Crippen LogP contribution is -2.32. The zero-order valence-electron chi connectivity index (χ0n) is 12.8. The maximum atomic E-state index is 13.5. The molecule has 2 heterocycles. The van der Waals surface area contributed by atoms with E-state index in [1.54, 1.807) is 0 Å². The second kappa shape index (κ2) is 7.08. The van der Waals surface area contributed by atoms with Gasteiger partial charge in [0.25, 0.3) is 0 Å². The molecule has 0 bridgehead atoms. The molecule has 1 saturated heterocycles. The average molecular weight is 335 g/mol. The Hall–Kier alpha value is -2.29. The third-order valence-corrected chi connectivity index (χ3v) is 3.79. The number of aliphatic hydroxyl groups is 1. The van der Waals surface area contributed by atoms with Crippen molar-refractivity contribution in [3.8, 4) is 0 Å². The van der Waals surface area contributed by atoms with Crippen LogP contribution in [0.25, 0.3) is 0 Å². The van der Waals surface area contributed by atoms with Gasteiger partial charge in [0.1, 0.15) is 6.10 Å². The Kier molecular flexibility index (Phi) is 4.89. The fourth-order valence-electron chi connectivity index (χ4n) is 2.61. The van der Waals surface area contributed by atoms with E-state index < -0.39 is 35.8 Å². The molecule has 128 valence electrons. The van der Waals surface area contributed by atoms with Crippen LogP contribution in [-0.2, 0) is 16.1 Å². The smallest absolute Gasteiger partial charge is 0.351 e. The number of benzene rings is 1. The number of aliphatic hydroxyl groups excluding tert-OH is 1. The Morgan fingerprint density at radius 1 is 1.42 bits per heavy atom. The van der Waals surface area contributed by atoms with Crippen LogP contribution in [0.3, 0.4) is 0 Å². The van der Waals surface area contributed by atoms with E-state index in [0.29, 0.717) is 6.61 Å². The number of ether oxygens (including phenoxy) is 2. The van der Waals surface area contributed by atoms with Gasteiger partial charge < -0.3 is 20.3 Å². The van der Waals surface area contributed by atoms with Gasteiger partial charge in [0.05, 0.1) is 25.5 Å². The van der Waals surface area contributed by atoms with Crippen molar-refractivity contribution in [3.63, 3.8) is 0 Å². The predicted octanol–water partition coefficient (Wildman–Crippen LogP) is 0.830. The largest absolute Gasteiger partial charge is 0.388 e. The second-order valence-electron chi connectivity index (χ2n) is 5.62. The van der Waals surface area contributed by atoms with E-state index in [9.17, 15) is 14.3 Å². The summed E-state index contributed by atoms with van der Waals surface area (Å²) in [5, 5.41) is 10.1. The van der Waals surface area contributed by atoms with Crippen molar-refractivity contribution in [3.05, 3.63) is 58.4 Å². The number of anilines is 1. The highest BCUT2D eigenvalue weighted by atomic mass is 19.1. The molecule has 3 atom stereocenters. The molecule has 1 fully saturated rings. The lowest BCUT2D eigenvalue weighted by molar-refractivity contribution is -0.0662. The molecule has 0 radical (unpaired) electrons. The molecule has 0 spiro atoms. The Balaban J connectivity index is 1.61. The molecule has 3 N–H and O–H groups in total. The molecule has 1 aliphatic rings. The lowest BCUT2D eigenvalue weighted by Gasteiger charge is -2.17. The van der Waals surface area contributed by atoms with Crippen molar-refractivity contribution >= 4 is 5.82 Å². The maximum Gasteiger partial charge on any atom is 0.351 e. The van der Waals surface area contributed by atoms with Crippen LogP contribution in [0, 0.1) is 5.82 Å². The summed E-state index contributed by atoms with van der Waals surface area (Å²) in [6, 6.07) is 9.63. The van der Waals surface area contributed by atoms with E-state index in [1.807, 2.05) is 30.3 Å². The van der Waals surface area contributed by atoms with Crippen LogP contribution in [0.5, 0.6) is 0 Å². The molecule has 1 aromatic heterocycles. The predicted molar refractivity (Wildman–Crippen MR) is 83.5 cm³/mol. The third-order valence-electron chi connectivity index (χ3n) is 3.79. The Bertz CT molecular complexity index is 753. The van der Waals surface area contributed by atoms with Crippen molar-refractivity contribution in [2.24, 2.45) is 0 Å². The summed E-state index contributed by atoms with van der Waals surface area (Å²) in [5.74, 6) is -1.32. The van der Waals surface area contributed by atoms with Crippen molar-refractivity contribution in [2.75, 3.05) is 12.3 Å². The average Bonchev–Trinajstić information content (AvgIpc) is 2.92. The van der Waals surface area contributed by atoms with Crippen LogP contribution in [0.2, 0.25) is 0 Å². The molecule has 2 aromatic rings. The number of nitrogens with two attached hydrogens (primary N) is 1. The van der Waals surface area contributed by atoms with Crippen LogP contribution < -0.4 is 11.4 Å². The highest BCUT2D eigenvalue weighted by Crippen LogP contribution is 2.28. The Labute approximate surface area is 137 Å². The number of nitrogens with zero attached hydrogens (tertiary/aromatic N) is 2. The molecule has 0 amide bonds. The summed E-state index contributed by atoms with van der Waals surface area (Å²) >= 11 is 0. The molecule has 0 saturated carbocycles. The fraction of sp³-hybridized carbons (Fsp3) is 0.375. The van der Waals surface area contributed by atoms with Crippen molar-refractivity contribution in [1.29, 1.82) is 0 Å². The number of halogens is 1. The number of nitrogen functional groups attached to an aromatic ring is 1.